The maximum absolute atomic E-state index is 12.0. The lowest BCUT2D eigenvalue weighted by atomic mass is 10.0. The van der Waals surface area contributed by atoms with E-state index in [2.05, 4.69) is 10.6 Å². The van der Waals surface area contributed by atoms with Gasteiger partial charge < -0.3 is 25.6 Å². The zero-order valence-corrected chi connectivity index (χ0v) is 13.1. The van der Waals surface area contributed by atoms with E-state index in [0.717, 1.165) is 6.42 Å². The van der Waals surface area contributed by atoms with Gasteiger partial charge in [-0.25, -0.2) is 0 Å². The molecule has 4 N–H and O–H groups in total. The summed E-state index contributed by atoms with van der Waals surface area (Å²) >= 11 is 0. The second-order valence-corrected chi connectivity index (χ2v) is 5.34. The molecule has 1 heterocycles. The van der Waals surface area contributed by atoms with Crippen molar-refractivity contribution in [2.75, 3.05) is 19.8 Å². The van der Waals surface area contributed by atoms with Crippen molar-refractivity contribution in [2.24, 2.45) is 5.92 Å². The van der Waals surface area contributed by atoms with Crippen LogP contribution in [0.3, 0.4) is 0 Å². The lowest BCUT2D eigenvalue weighted by Gasteiger charge is -2.19. The fraction of sp³-hybridized carbons (Fsp3) is 0.786. The van der Waals surface area contributed by atoms with Crippen LogP contribution < -0.4 is 10.6 Å². The Kier molecular flexibility index (Phi) is 11.0. The summed E-state index contributed by atoms with van der Waals surface area (Å²) in [5, 5.41) is 21.1. The fourth-order valence-corrected chi connectivity index (χ4v) is 1.74. The normalized spacial score (nSPS) is 17.0. The second kappa shape index (κ2) is 11.9. The number of ether oxygens (including phenoxy) is 1. The van der Waals surface area contributed by atoms with Gasteiger partial charge in [0, 0.05) is 13.2 Å². The Morgan fingerprint density at radius 1 is 1.36 bits per heavy atom. The van der Waals surface area contributed by atoms with Gasteiger partial charge in [0.1, 0.15) is 6.04 Å². The minimum absolute atomic E-state index is 0.126. The van der Waals surface area contributed by atoms with E-state index in [-0.39, 0.29) is 31.0 Å². The number of carbonyl (C=O) groups is 3. The van der Waals surface area contributed by atoms with Crippen molar-refractivity contribution < 1.29 is 29.3 Å². The minimum atomic E-state index is -0.508. The Morgan fingerprint density at radius 2 is 1.95 bits per heavy atom. The van der Waals surface area contributed by atoms with E-state index in [1.165, 1.54) is 0 Å². The number of epoxide rings is 1. The quantitative estimate of drug-likeness (QED) is 0.258. The smallest absolute Gasteiger partial charge is 0.290 e. The van der Waals surface area contributed by atoms with Crippen molar-refractivity contribution in [3.8, 4) is 0 Å². The number of hydrogen-bond acceptors (Lipinski definition) is 5. The second-order valence-electron chi connectivity index (χ2n) is 5.34. The average molecular weight is 318 g/mol. The lowest BCUT2D eigenvalue weighted by molar-refractivity contribution is -0.129. The predicted octanol–water partition coefficient (Wildman–Crippen LogP) is -0.494. The van der Waals surface area contributed by atoms with E-state index < -0.39 is 6.04 Å². The number of amides is 2. The van der Waals surface area contributed by atoms with Crippen LogP contribution in [0.5, 0.6) is 0 Å². The molecular weight excluding hydrogens is 292 g/mol. The Balaban J connectivity index is 0.00000135. The molecule has 128 valence electrons. The molecule has 0 saturated carbocycles. The van der Waals surface area contributed by atoms with Crippen molar-refractivity contribution in [1.82, 2.24) is 10.6 Å². The number of rotatable bonds is 9. The van der Waals surface area contributed by atoms with Gasteiger partial charge in [-0.1, -0.05) is 13.8 Å². The van der Waals surface area contributed by atoms with Gasteiger partial charge in [-0.05, 0) is 25.2 Å². The van der Waals surface area contributed by atoms with Gasteiger partial charge in [-0.15, -0.1) is 0 Å². The van der Waals surface area contributed by atoms with Gasteiger partial charge >= 0.3 is 0 Å². The molecule has 2 unspecified atom stereocenters. The van der Waals surface area contributed by atoms with Gasteiger partial charge in [-0.3, -0.25) is 14.4 Å². The summed E-state index contributed by atoms with van der Waals surface area (Å²) in [5.41, 5.74) is 0. The van der Waals surface area contributed by atoms with Crippen LogP contribution >= 0.6 is 0 Å². The molecule has 1 rings (SSSR count). The Morgan fingerprint density at radius 3 is 2.41 bits per heavy atom. The van der Waals surface area contributed by atoms with Crippen LogP contribution in [0, 0.1) is 5.92 Å². The first-order chi connectivity index (χ1) is 10.5. The molecule has 1 saturated heterocycles. The molecule has 0 aromatic carbocycles. The average Bonchev–Trinajstić information content (AvgIpc) is 3.27. The van der Waals surface area contributed by atoms with E-state index in [0.29, 0.717) is 31.9 Å². The monoisotopic (exact) mass is 318 g/mol. The van der Waals surface area contributed by atoms with Crippen LogP contribution in [-0.4, -0.2) is 60.4 Å². The van der Waals surface area contributed by atoms with Crippen molar-refractivity contribution in [1.29, 1.82) is 0 Å². The number of unbranched alkanes of at least 4 members (excludes halogenated alkanes) is 1. The lowest BCUT2D eigenvalue weighted by Crippen LogP contribution is -2.48. The summed E-state index contributed by atoms with van der Waals surface area (Å²) in [5.74, 6) is -0.0644. The highest BCUT2D eigenvalue weighted by Gasteiger charge is 2.34. The summed E-state index contributed by atoms with van der Waals surface area (Å²) < 4.78 is 4.90. The van der Waals surface area contributed by atoms with E-state index >= 15 is 0 Å². The molecule has 0 spiro atoms. The Hall–Kier alpha value is -1.67. The third kappa shape index (κ3) is 10.1. The highest BCUT2D eigenvalue weighted by atomic mass is 16.6. The van der Waals surface area contributed by atoms with Gasteiger partial charge in [0.15, 0.2) is 6.10 Å². The molecule has 2 atom stereocenters. The maximum Gasteiger partial charge on any atom is 0.290 e. The van der Waals surface area contributed by atoms with E-state index in [1.54, 1.807) is 0 Å². The summed E-state index contributed by atoms with van der Waals surface area (Å²) in [6.45, 7) is 4.85. The molecular formula is C14H26N2O6. The van der Waals surface area contributed by atoms with Crippen LogP contribution in [-0.2, 0) is 19.1 Å². The van der Waals surface area contributed by atoms with Gasteiger partial charge in [0.2, 0.25) is 5.91 Å². The van der Waals surface area contributed by atoms with E-state index in [4.69, 9.17) is 19.7 Å². The van der Waals surface area contributed by atoms with Gasteiger partial charge in [0.25, 0.3) is 12.4 Å². The highest BCUT2D eigenvalue weighted by Crippen LogP contribution is 2.11. The molecule has 1 aliphatic rings. The SMILES string of the molecule is CC(C)CC(NC(=O)C1CO1)C(=O)NCCCCO.O=CO. The third-order valence-corrected chi connectivity index (χ3v) is 2.85. The molecule has 22 heavy (non-hydrogen) atoms. The third-order valence-electron chi connectivity index (χ3n) is 2.85. The summed E-state index contributed by atoms with van der Waals surface area (Å²) in [6.07, 6.45) is 1.62. The van der Waals surface area contributed by atoms with Crippen LogP contribution in [0.1, 0.15) is 33.1 Å². The summed E-state index contributed by atoms with van der Waals surface area (Å²) in [4.78, 5) is 32.0. The Bertz CT molecular complexity index is 344. The number of aliphatic hydroxyl groups is 1. The first kappa shape index (κ1) is 20.3. The molecule has 0 aromatic heterocycles. The van der Waals surface area contributed by atoms with Crippen molar-refractivity contribution in [3.05, 3.63) is 0 Å². The summed E-state index contributed by atoms with van der Waals surface area (Å²) in [7, 11) is 0. The maximum atomic E-state index is 12.0. The van der Waals surface area contributed by atoms with Crippen molar-refractivity contribution >= 4 is 18.3 Å². The van der Waals surface area contributed by atoms with Crippen LogP contribution in [0.15, 0.2) is 0 Å². The summed E-state index contributed by atoms with van der Waals surface area (Å²) in [6, 6.07) is -0.508. The molecule has 1 fully saturated rings. The van der Waals surface area contributed by atoms with E-state index in [9.17, 15) is 9.59 Å². The molecule has 0 radical (unpaired) electrons. The van der Waals surface area contributed by atoms with E-state index in [1.807, 2.05) is 13.8 Å². The number of carboxylic acid groups (broad SMARTS) is 1. The van der Waals surface area contributed by atoms with Gasteiger partial charge in [0.05, 0.1) is 6.61 Å². The zero-order valence-electron chi connectivity index (χ0n) is 13.1. The predicted molar refractivity (Wildman–Crippen MR) is 79.1 cm³/mol. The van der Waals surface area contributed by atoms with Crippen molar-refractivity contribution in [3.63, 3.8) is 0 Å². The van der Waals surface area contributed by atoms with Gasteiger partial charge in [-0.2, -0.15) is 0 Å². The standard InChI is InChI=1S/C13H24N2O4.CH2O2/c1-9(2)7-10(15-13(18)11-8-19-11)12(17)14-5-3-4-6-16;2-1-3/h9-11,16H,3-8H2,1-2H3,(H,14,17)(H,15,18);1H,(H,2,3). The first-order valence-corrected chi connectivity index (χ1v) is 7.34. The van der Waals surface area contributed by atoms with Crippen LogP contribution in [0.2, 0.25) is 0 Å². The molecule has 2 amide bonds. The largest absolute Gasteiger partial charge is 0.483 e. The highest BCUT2D eigenvalue weighted by molar-refractivity contribution is 5.90. The molecule has 8 nitrogen and oxygen atoms in total. The fourth-order valence-electron chi connectivity index (χ4n) is 1.74. The van der Waals surface area contributed by atoms with Crippen molar-refractivity contribution in [2.45, 2.75) is 45.3 Å². The number of hydrogen-bond donors (Lipinski definition) is 4. The number of carbonyl (C=O) groups excluding carboxylic acids is 2. The van der Waals surface area contributed by atoms with Crippen LogP contribution in [0.25, 0.3) is 0 Å². The molecule has 0 bridgehead atoms. The Labute approximate surface area is 130 Å². The molecule has 8 heteroatoms. The minimum Gasteiger partial charge on any atom is -0.483 e. The van der Waals surface area contributed by atoms with Crippen LogP contribution in [0.4, 0.5) is 0 Å². The topological polar surface area (TPSA) is 128 Å². The number of nitrogens with one attached hydrogen (secondary N) is 2. The molecule has 1 aliphatic heterocycles. The first-order valence-electron chi connectivity index (χ1n) is 7.34. The zero-order chi connectivity index (χ0) is 17.0. The molecule has 0 aromatic rings. The number of aliphatic hydroxyl groups excluding tert-OH is 1. The molecule has 0 aliphatic carbocycles.